The first-order valence-electron chi connectivity index (χ1n) is 8.52. The lowest BCUT2D eigenvalue weighted by molar-refractivity contribution is 0.0972. The number of nitrogens with zero attached hydrogens (tertiary/aromatic N) is 1. The molecule has 1 heterocycles. The lowest BCUT2D eigenvalue weighted by atomic mass is 10.0. The first-order chi connectivity index (χ1) is 10.4. The smallest absolute Gasteiger partial charge is 0.119 e. The summed E-state index contributed by atoms with van der Waals surface area (Å²) in [5, 5.41) is 3.77. The number of hydrogen-bond donors (Lipinski definition) is 1. The Labute approximate surface area is 128 Å². The zero-order chi connectivity index (χ0) is 14.5. The van der Waals surface area contributed by atoms with Crippen LogP contribution in [0.1, 0.15) is 32.6 Å². The summed E-state index contributed by atoms with van der Waals surface area (Å²) < 4.78 is 5.88. The van der Waals surface area contributed by atoms with E-state index in [0.29, 0.717) is 6.04 Å². The van der Waals surface area contributed by atoms with Gasteiger partial charge in [0.15, 0.2) is 0 Å². The maximum atomic E-state index is 5.88. The molecule has 2 aliphatic rings. The third kappa shape index (κ3) is 4.21. The number of para-hydroxylation sites is 1. The second kappa shape index (κ2) is 7.28. The van der Waals surface area contributed by atoms with Gasteiger partial charge in [0.05, 0.1) is 0 Å². The van der Waals surface area contributed by atoms with Gasteiger partial charge < -0.3 is 10.1 Å². The Morgan fingerprint density at radius 2 is 2.05 bits per heavy atom. The van der Waals surface area contributed by atoms with Gasteiger partial charge in [-0.1, -0.05) is 31.5 Å². The molecule has 116 valence electrons. The van der Waals surface area contributed by atoms with Crippen molar-refractivity contribution < 1.29 is 4.74 Å². The second-order valence-corrected chi connectivity index (χ2v) is 6.45. The van der Waals surface area contributed by atoms with E-state index in [1.54, 1.807) is 0 Å². The van der Waals surface area contributed by atoms with Gasteiger partial charge in [0.2, 0.25) is 0 Å². The quantitative estimate of drug-likeness (QED) is 0.835. The van der Waals surface area contributed by atoms with Gasteiger partial charge in [-0.15, -0.1) is 0 Å². The fourth-order valence-corrected chi connectivity index (χ4v) is 3.39. The van der Waals surface area contributed by atoms with Crippen LogP contribution in [0.3, 0.4) is 0 Å². The second-order valence-electron chi connectivity index (χ2n) is 6.45. The van der Waals surface area contributed by atoms with Crippen molar-refractivity contribution in [1.82, 2.24) is 10.2 Å². The van der Waals surface area contributed by atoms with Crippen molar-refractivity contribution in [3.05, 3.63) is 30.3 Å². The van der Waals surface area contributed by atoms with E-state index < -0.39 is 0 Å². The molecule has 3 rings (SSSR count). The first-order valence-corrected chi connectivity index (χ1v) is 8.52. The number of hydrogen-bond acceptors (Lipinski definition) is 3. The summed E-state index contributed by atoms with van der Waals surface area (Å²) in [6, 6.07) is 11.6. The minimum absolute atomic E-state index is 0.685. The molecule has 0 amide bonds. The van der Waals surface area contributed by atoms with Crippen LogP contribution in [0.5, 0.6) is 5.75 Å². The fourth-order valence-electron chi connectivity index (χ4n) is 3.39. The number of ether oxygens (including phenoxy) is 1. The summed E-state index contributed by atoms with van der Waals surface area (Å²) >= 11 is 0. The molecule has 2 atom stereocenters. The van der Waals surface area contributed by atoms with Gasteiger partial charge in [-0.25, -0.2) is 0 Å². The first kappa shape index (κ1) is 14.9. The molecule has 0 aromatic heterocycles. The molecule has 1 aromatic rings. The van der Waals surface area contributed by atoms with Crippen molar-refractivity contribution in [3.8, 4) is 5.75 Å². The molecule has 1 aliphatic heterocycles. The largest absolute Gasteiger partial charge is 0.492 e. The Balaban J connectivity index is 1.49. The molecule has 21 heavy (non-hydrogen) atoms. The van der Waals surface area contributed by atoms with E-state index in [4.69, 9.17) is 4.74 Å². The third-order valence-corrected chi connectivity index (χ3v) is 4.77. The molecule has 1 aromatic carbocycles. The molecule has 2 fully saturated rings. The number of nitrogens with one attached hydrogen (secondary N) is 1. The molecular formula is C18H28N2O. The maximum Gasteiger partial charge on any atom is 0.119 e. The summed E-state index contributed by atoms with van der Waals surface area (Å²) in [5.74, 6) is 1.92. The summed E-state index contributed by atoms with van der Waals surface area (Å²) in [6.45, 7) is 6.48. The highest BCUT2D eigenvalue weighted by atomic mass is 16.5. The fraction of sp³-hybridized carbons (Fsp3) is 0.667. The van der Waals surface area contributed by atoms with Gasteiger partial charge in [-0.2, -0.15) is 0 Å². The SMILES string of the molecule is CCCC1CNC(C2CC2)CN1CCOc1ccccc1. The van der Waals surface area contributed by atoms with Crippen LogP contribution in [0.25, 0.3) is 0 Å². The van der Waals surface area contributed by atoms with Gasteiger partial charge in [-0.05, 0) is 37.3 Å². The average Bonchev–Trinajstić information content (AvgIpc) is 3.35. The van der Waals surface area contributed by atoms with Crippen molar-refractivity contribution in [2.45, 2.75) is 44.7 Å². The van der Waals surface area contributed by atoms with Crippen LogP contribution < -0.4 is 10.1 Å². The number of benzene rings is 1. The molecule has 0 spiro atoms. The Hall–Kier alpha value is -1.06. The standard InChI is InChI=1S/C18H28N2O/c1-2-6-16-13-19-18(15-9-10-15)14-20(16)11-12-21-17-7-4-3-5-8-17/h3-5,7-8,15-16,18-19H,2,6,9-14H2,1H3. The lowest BCUT2D eigenvalue weighted by Gasteiger charge is -2.40. The van der Waals surface area contributed by atoms with Crippen LogP contribution in [0.15, 0.2) is 30.3 Å². The Morgan fingerprint density at radius 3 is 2.76 bits per heavy atom. The van der Waals surface area contributed by atoms with E-state index in [1.165, 1.54) is 32.2 Å². The Morgan fingerprint density at radius 1 is 1.24 bits per heavy atom. The van der Waals surface area contributed by atoms with Crippen molar-refractivity contribution in [2.24, 2.45) is 5.92 Å². The lowest BCUT2D eigenvalue weighted by Crippen LogP contribution is -2.57. The van der Waals surface area contributed by atoms with E-state index in [1.807, 2.05) is 30.3 Å². The van der Waals surface area contributed by atoms with Gasteiger partial charge in [0.1, 0.15) is 12.4 Å². The van der Waals surface area contributed by atoms with Crippen molar-refractivity contribution in [1.29, 1.82) is 0 Å². The summed E-state index contributed by atoms with van der Waals surface area (Å²) in [7, 11) is 0. The van der Waals surface area contributed by atoms with Gasteiger partial charge in [-0.3, -0.25) is 4.90 Å². The van der Waals surface area contributed by atoms with Crippen LogP contribution in [-0.2, 0) is 0 Å². The van der Waals surface area contributed by atoms with Crippen LogP contribution in [0.2, 0.25) is 0 Å². The van der Waals surface area contributed by atoms with Crippen LogP contribution >= 0.6 is 0 Å². The molecule has 1 saturated heterocycles. The highest BCUT2D eigenvalue weighted by Gasteiger charge is 2.36. The predicted octanol–water partition coefficient (Wildman–Crippen LogP) is 2.92. The molecule has 3 heteroatoms. The van der Waals surface area contributed by atoms with E-state index in [0.717, 1.165) is 37.4 Å². The van der Waals surface area contributed by atoms with Crippen molar-refractivity contribution >= 4 is 0 Å². The zero-order valence-corrected chi connectivity index (χ0v) is 13.1. The Kier molecular flexibility index (Phi) is 5.15. The molecule has 1 N–H and O–H groups in total. The van der Waals surface area contributed by atoms with E-state index in [2.05, 4.69) is 17.1 Å². The minimum atomic E-state index is 0.685. The molecular weight excluding hydrogens is 260 g/mol. The summed E-state index contributed by atoms with van der Waals surface area (Å²) in [6.07, 6.45) is 5.39. The Bertz CT molecular complexity index is 418. The van der Waals surface area contributed by atoms with E-state index in [-0.39, 0.29) is 0 Å². The van der Waals surface area contributed by atoms with Gasteiger partial charge >= 0.3 is 0 Å². The maximum absolute atomic E-state index is 5.88. The van der Waals surface area contributed by atoms with Crippen LogP contribution in [0, 0.1) is 5.92 Å². The third-order valence-electron chi connectivity index (χ3n) is 4.77. The van der Waals surface area contributed by atoms with Crippen LogP contribution in [0.4, 0.5) is 0 Å². The van der Waals surface area contributed by atoms with Gasteiger partial charge in [0, 0.05) is 31.7 Å². The molecule has 3 nitrogen and oxygen atoms in total. The van der Waals surface area contributed by atoms with E-state index in [9.17, 15) is 0 Å². The highest BCUT2D eigenvalue weighted by molar-refractivity contribution is 5.20. The monoisotopic (exact) mass is 288 g/mol. The van der Waals surface area contributed by atoms with Gasteiger partial charge in [0.25, 0.3) is 0 Å². The van der Waals surface area contributed by atoms with Crippen molar-refractivity contribution in [3.63, 3.8) is 0 Å². The number of piperazine rings is 1. The minimum Gasteiger partial charge on any atom is -0.492 e. The zero-order valence-electron chi connectivity index (χ0n) is 13.1. The van der Waals surface area contributed by atoms with E-state index >= 15 is 0 Å². The van der Waals surface area contributed by atoms with Crippen LogP contribution in [-0.4, -0.2) is 43.2 Å². The average molecular weight is 288 g/mol. The predicted molar refractivity (Wildman–Crippen MR) is 86.7 cm³/mol. The summed E-state index contributed by atoms with van der Waals surface area (Å²) in [5.41, 5.74) is 0. The molecule has 0 radical (unpaired) electrons. The number of rotatable bonds is 7. The highest BCUT2D eigenvalue weighted by Crippen LogP contribution is 2.34. The summed E-state index contributed by atoms with van der Waals surface area (Å²) in [4.78, 5) is 2.66. The van der Waals surface area contributed by atoms with Crippen molar-refractivity contribution in [2.75, 3.05) is 26.2 Å². The molecule has 1 aliphatic carbocycles. The topological polar surface area (TPSA) is 24.5 Å². The molecule has 2 unspecified atom stereocenters. The normalized spacial score (nSPS) is 26.7. The molecule has 0 bridgehead atoms. The molecule has 1 saturated carbocycles.